The van der Waals surface area contributed by atoms with Gasteiger partial charge in [-0.25, -0.2) is 14.6 Å². The van der Waals surface area contributed by atoms with E-state index in [4.69, 9.17) is 14.2 Å². The molecular formula is C24H15BrN2O7. The number of non-ortho nitro benzene ring substituents is 1. The number of cyclic esters (lactones) is 1. The molecule has 0 radical (unpaired) electrons. The van der Waals surface area contributed by atoms with Crippen molar-refractivity contribution >= 4 is 45.5 Å². The van der Waals surface area contributed by atoms with Gasteiger partial charge < -0.3 is 14.2 Å². The van der Waals surface area contributed by atoms with Gasteiger partial charge >= 0.3 is 11.9 Å². The van der Waals surface area contributed by atoms with Crippen LogP contribution in [0.3, 0.4) is 0 Å². The number of esters is 2. The number of rotatable bonds is 6. The topological polar surface area (TPSA) is 117 Å². The number of hydrogen-bond acceptors (Lipinski definition) is 8. The molecule has 0 unspecified atom stereocenters. The average molecular weight is 523 g/mol. The summed E-state index contributed by atoms with van der Waals surface area (Å²) >= 11 is 3.36. The number of carbonyl (C=O) groups excluding carboxylic acids is 2. The van der Waals surface area contributed by atoms with Crippen LogP contribution in [0, 0.1) is 10.1 Å². The number of benzene rings is 3. The number of nitrogens with zero attached hydrogens (tertiary/aromatic N) is 2. The fourth-order valence-corrected chi connectivity index (χ4v) is 3.40. The maximum absolute atomic E-state index is 12.6. The molecule has 0 saturated heterocycles. The molecule has 0 aliphatic carbocycles. The van der Waals surface area contributed by atoms with Crippen molar-refractivity contribution in [2.24, 2.45) is 4.99 Å². The van der Waals surface area contributed by atoms with Gasteiger partial charge in [0.05, 0.1) is 17.6 Å². The number of nitro benzene ring substituents is 1. The largest absolute Gasteiger partial charge is 0.497 e. The average Bonchev–Trinajstić information content (AvgIpc) is 3.20. The summed E-state index contributed by atoms with van der Waals surface area (Å²) < 4.78 is 16.6. The third kappa shape index (κ3) is 5.02. The molecule has 9 nitrogen and oxygen atoms in total. The third-order valence-corrected chi connectivity index (χ3v) is 5.23. The van der Waals surface area contributed by atoms with Crippen LogP contribution in [0.5, 0.6) is 11.5 Å². The minimum Gasteiger partial charge on any atom is -0.497 e. The number of halogens is 1. The molecule has 0 N–H and O–H groups in total. The third-order valence-electron chi connectivity index (χ3n) is 4.74. The number of hydrogen-bond donors (Lipinski definition) is 0. The van der Waals surface area contributed by atoms with Gasteiger partial charge in [0, 0.05) is 27.7 Å². The monoisotopic (exact) mass is 522 g/mol. The van der Waals surface area contributed by atoms with E-state index in [2.05, 4.69) is 20.9 Å². The lowest BCUT2D eigenvalue weighted by molar-refractivity contribution is -0.384. The standard InChI is InChI=1S/C24H15BrN2O7/c1-32-19-9-4-14(5-10-19)22-26-20(24(29)34-22)13-16-12-17(25)6-11-21(16)33-23(28)15-2-7-18(8-3-15)27(30)31/h2-13H,1H3/b20-13+. The Labute approximate surface area is 201 Å². The molecule has 3 aromatic carbocycles. The minimum absolute atomic E-state index is 0.0246. The first-order chi connectivity index (χ1) is 16.3. The number of ether oxygens (including phenoxy) is 3. The van der Waals surface area contributed by atoms with Gasteiger partial charge in [-0.05, 0) is 60.7 Å². The van der Waals surface area contributed by atoms with E-state index in [0.717, 1.165) is 0 Å². The van der Waals surface area contributed by atoms with Crippen LogP contribution in [0.25, 0.3) is 6.08 Å². The molecule has 0 aromatic heterocycles. The highest BCUT2D eigenvalue weighted by Crippen LogP contribution is 2.29. The molecule has 3 aromatic rings. The van der Waals surface area contributed by atoms with E-state index in [0.29, 0.717) is 21.3 Å². The van der Waals surface area contributed by atoms with E-state index in [1.54, 1.807) is 49.6 Å². The zero-order valence-electron chi connectivity index (χ0n) is 17.6. The van der Waals surface area contributed by atoms with Crippen molar-refractivity contribution < 1.29 is 28.7 Å². The SMILES string of the molecule is COc1ccc(C2=N/C(=C/c3cc(Br)ccc3OC(=O)c3ccc([N+](=O)[O-])cc3)C(=O)O2)cc1. The quantitative estimate of drug-likeness (QED) is 0.148. The summed E-state index contributed by atoms with van der Waals surface area (Å²) in [6, 6.07) is 16.8. The molecule has 34 heavy (non-hydrogen) atoms. The van der Waals surface area contributed by atoms with E-state index in [9.17, 15) is 19.7 Å². The summed E-state index contributed by atoms with van der Waals surface area (Å²) in [4.78, 5) is 39.5. The van der Waals surface area contributed by atoms with Crippen molar-refractivity contribution in [2.45, 2.75) is 0 Å². The summed E-state index contributed by atoms with van der Waals surface area (Å²) in [5, 5.41) is 10.8. The summed E-state index contributed by atoms with van der Waals surface area (Å²) in [5.74, 6) is -0.414. The van der Waals surface area contributed by atoms with E-state index in [1.807, 2.05) is 0 Å². The molecule has 170 valence electrons. The molecule has 0 bridgehead atoms. The lowest BCUT2D eigenvalue weighted by atomic mass is 10.1. The second-order valence-electron chi connectivity index (χ2n) is 6.94. The van der Waals surface area contributed by atoms with Gasteiger partial charge in [-0.2, -0.15) is 0 Å². The number of methoxy groups -OCH3 is 1. The van der Waals surface area contributed by atoms with Gasteiger partial charge in [0.25, 0.3) is 5.69 Å². The Morgan fingerprint density at radius 2 is 1.79 bits per heavy atom. The fraction of sp³-hybridized carbons (Fsp3) is 0.0417. The first kappa shape index (κ1) is 22.9. The second-order valence-corrected chi connectivity index (χ2v) is 7.86. The normalized spacial score (nSPS) is 13.9. The van der Waals surface area contributed by atoms with Crippen LogP contribution >= 0.6 is 15.9 Å². The predicted octanol–water partition coefficient (Wildman–Crippen LogP) is 4.93. The van der Waals surface area contributed by atoms with Crippen molar-refractivity contribution in [3.63, 3.8) is 0 Å². The van der Waals surface area contributed by atoms with Crippen molar-refractivity contribution in [1.29, 1.82) is 0 Å². The van der Waals surface area contributed by atoms with Crippen molar-refractivity contribution in [3.8, 4) is 11.5 Å². The summed E-state index contributed by atoms with van der Waals surface area (Å²) in [6.07, 6.45) is 1.45. The zero-order valence-corrected chi connectivity index (χ0v) is 19.1. The van der Waals surface area contributed by atoms with Crippen LogP contribution in [0.15, 0.2) is 81.9 Å². The van der Waals surface area contributed by atoms with Gasteiger partial charge in [-0.3, -0.25) is 10.1 Å². The van der Waals surface area contributed by atoms with Crippen LogP contribution in [-0.2, 0) is 9.53 Å². The Morgan fingerprint density at radius 3 is 2.44 bits per heavy atom. The van der Waals surface area contributed by atoms with Crippen LogP contribution < -0.4 is 9.47 Å². The first-order valence-corrected chi connectivity index (χ1v) is 10.6. The highest BCUT2D eigenvalue weighted by Gasteiger charge is 2.25. The van der Waals surface area contributed by atoms with Crippen LogP contribution in [0.4, 0.5) is 5.69 Å². The Balaban J connectivity index is 1.61. The van der Waals surface area contributed by atoms with Gasteiger partial charge in [0.1, 0.15) is 11.5 Å². The molecular weight excluding hydrogens is 508 g/mol. The van der Waals surface area contributed by atoms with E-state index in [-0.39, 0.29) is 28.6 Å². The van der Waals surface area contributed by atoms with E-state index < -0.39 is 16.9 Å². The van der Waals surface area contributed by atoms with E-state index in [1.165, 1.54) is 30.3 Å². The Bertz CT molecular complexity index is 1350. The summed E-state index contributed by atoms with van der Waals surface area (Å²) in [7, 11) is 1.55. The zero-order chi connectivity index (χ0) is 24.2. The molecule has 0 amide bonds. The predicted molar refractivity (Wildman–Crippen MR) is 126 cm³/mol. The van der Waals surface area contributed by atoms with Crippen LogP contribution in [-0.4, -0.2) is 29.9 Å². The highest BCUT2D eigenvalue weighted by atomic mass is 79.9. The Kier molecular flexibility index (Phi) is 6.51. The maximum atomic E-state index is 12.6. The van der Waals surface area contributed by atoms with E-state index >= 15 is 0 Å². The van der Waals surface area contributed by atoms with Crippen molar-refractivity contribution in [1.82, 2.24) is 0 Å². The smallest absolute Gasteiger partial charge is 0.363 e. The molecule has 0 spiro atoms. The number of aliphatic imine (C=N–C) groups is 1. The molecule has 4 rings (SSSR count). The Morgan fingerprint density at radius 1 is 1.09 bits per heavy atom. The van der Waals surface area contributed by atoms with Gasteiger partial charge in [0.2, 0.25) is 5.90 Å². The Hall–Kier alpha value is -4.31. The minimum atomic E-state index is -0.715. The summed E-state index contributed by atoms with van der Waals surface area (Å²) in [5.41, 5.74) is 1.01. The molecule has 0 atom stereocenters. The molecule has 0 fully saturated rings. The highest BCUT2D eigenvalue weighted by molar-refractivity contribution is 9.10. The lowest BCUT2D eigenvalue weighted by Crippen LogP contribution is -2.09. The number of carbonyl (C=O) groups is 2. The van der Waals surface area contributed by atoms with Gasteiger partial charge in [-0.15, -0.1) is 0 Å². The van der Waals surface area contributed by atoms with Crippen molar-refractivity contribution in [2.75, 3.05) is 7.11 Å². The molecule has 0 saturated carbocycles. The summed E-state index contributed by atoms with van der Waals surface area (Å²) in [6.45, 7) is 0. The van der Waals surface area contributed by atoms with Gasteiger partial charge in [-0.1, -0.05) is 15.9 Å². The molecule has 1 aliphatic heterocycles. The maximum Gasteiger partial charge on any atom is 0.363 e. The molecule has 1 aliphatic rings. The molecule has 1 heterocycles. The van der Waals surface area contributed by atoms with Crippen molar-refractivity contribution in [3.05, 3.63) is 104 Å². The number of nitro groups is 1. The van der Waals surface area contributed by atoms with Gasteiger partial charge in [0.15, 0.2) is 5.70 Å². The second kappa shape index (κ2) is 9.67. The fourth-order valence-electron chi connectivity index (χ4n) is 3.02. The first-order valence-electron chi connectivity index (χ1n) is 9.77. The van der Waals surface area contributed by atoms with Crippen LogP contribution in [0.1, 0.15) is 21.5 Å². The molecule has 10 heteroatoms. The lowest BCUT2D eigenvalue weighted by Gasteiger charge is -2.08. The van der Waals surface area contributed by atoms with Crippen LogP contribution in [0.2, 0.25) is 0 Å².